The lowest BCUT2D eigenvalue weighted by Gasteiger charge is -2.23. The molecule has 0 saturated heterocycles. The second-order valence-corrected chi connectivity index (χ2v) is 4.57. The van der Waals surface area contributed by atoms with Gasteiger partial charge in [0.05, 0.1) is 17.6 Å². The summed E-state index contributed by atoms with van der Waals surface area (Å²) in [5.74, 6) is 0.321. The normalized spacial score (nSPS) is 13.6. The van der Waals surface area contributed by atoms with Gasteiger partial charge in [0.15, 0.2) is 0 Å². The maximum atomic E-state index is 10.9. The van der Waals surface area contributed by atoms with Crippen molar-refractivity contribution in [2.75, 3.05) is 32.7 Å². The fraction of sp³-hybridized carbons (Fsp3) is 0.583. The molecule has 0 amide bonds. The molecule has 0 radical (unpaired) electrons. The van der Waals surface area contributed by atoms with Crippen LogP contribution < -0.4 is 10.1 Å². The van der Waals surface area contributed by atoms with Gasteiger partial charge in [0.2, 0.25) is 11.7 Å². The Labute approximate surface area is 116 Å². The maximum Gasteiger partial charge on any atom is 0.311 e. The molecule has 0 aliphatic rings. The molecule has 20 heavy (non-hydrogen) atoms. The van der Waals surface area contributed by atoms with Crippen LogP contribution in [0.3, 0.4) is 0 Å². The van der Waals surface area contributed by atoms with E-state index in [9.17, 15) is 15.2 Å². The van der Waals surface area contributed by atoms with Gasteiger partial charge in [-0.2, -0.15) is 4.98 Å². The molecule has 0 aliphatic carbocycles. The first kappa shape index (κ1) is 16.1. The molecule has 0 bridgehead atoms. The van der Waals surface area contributed by atoms with Crippen LogP contribution in [0.15, 0.2) is 12.1 Å². The maximum absolute atomic E-state index is 10.9. The SMILES string of the molecule is COCCC(C)(O)CNc1nc(OC)ccc1[N+](=O)[O-]. The van der Waals surface area contributed by atoms with Gasteiger partial charge < -0.3 is 19.9 Å². The number of nitrogens with one attached hydrogen (secondary N) is 1. The van der Waals surface area contributed by atoms with Gasteiger partial charge >= 0.3 is 5.69 Å². The molecular formula is C12H19N3O5. The van der Waals surface area contributed by atoms with Crippen molar-refractivity contribution < 1.29 is 19.5 Å². The van der Waals surface area contributed by atoms with Gasteiger partial charge in [0.25, 0.3) is 0 Å². The Balaban J connectivity index is 2.82. The molecule has 2 N–H and O–H groups in total. The molecule has 1 rings (SSSR count). The van der Waals surface area contributed by atoms with Crippen LogP contribution >= 0.6 is 0 Å². The number of anilines is 1. The summed E-state index contributed by atoms with van der Waals surface area (Å²) in [5, 5.41) is 23.8. The number of hydrogen-bond acceptors (Lipinski definition) is 7. The van der Waals surface area contributed by atoms with Crippen LogP contribution in [0.4, 0.5) is 11.5 Å². The van der Waals surface area contributed by atoms with Gasteiger partial charge in [-0.25, -0.2) is 0 Å². The molecule has 1 aromatic heterocycles. The van der Waals surface area contributed by atoms with Gasteiger partial charge in [-0.15, -0.1) is 0 Å². The number of nitrogens with zero attached hydrogens (tertiary/aromatic N) is 2. The van der Waals surface area contributed by atoms with Crippen molar-refractivity contribution in [2.24, 2.45) is 0 Å². The third kappa shape index (κ3) is 4.63. The van der Waals surface area contributed by atoms with Gasteiger partial charge in [0, 0.05) is 38.8 Å². The Bertz CT molecular complexity index is 464. The lowest BCUT2D eigenvalue weighted by Crippen LogP contribution is -2.35. The van der Waals surface area contributed by atoms with Crippen molar-refractivity contribution in [3.63, 3.8) is 0 Å². The third-order valence-corrected chi connectivity index (χ3v) is 2.74. The average Bonchev–Trinajstić information content (AvgIpc) is 2.42. The molecule has 0 spiro atoms. The predicted octanol–water partition coefficient (Wildman–Crippen LogP) is 1.20. The Hall–Kier alpha value is -1.93. The molecule has 1 aromatic rings. The highest BCUT2D eigenvalue weighted by atomic mass is 16.6. The molecule has 8 heteroatoms. The first-order chi connectivity index (χ1) is 9.39. The lowest BCUT2D eigenvalue weighted by atomic mass is 10.0. The van der Waals surface area contributed by atoms with Gasteiger partial charge in [-0.3, -0.25) is 10.1 Å². The van der Waals surface area contributed by atoms with E-state index in [4.69, 9.17) is 9.47 Å². The second kappa shape index (κ2) is 7.01. The monoisotopic (exact) mass is 285 g/mol. The van der Waals surface area contributed by atoms with E-state index in [1.165, 1.54) is 26.4 Å². The summed E-state index contributed by atoms with van der Waals surface area (Å²) < 4.78 is 9.83. The van der Waals surface area contributed by atoms with Crippen molar-refractivity contribution in [3.05, 3.63) is 22.2 Å². The summed E-state index contributed by atoms with van der Waals surface area (Å²) in [6, 6.07) is 2.71. The second-order valence-electron chi connectivity index (χ2n) is 4.57. The Morgan fingerprint density at radius 1 is 1.50 bits per heavy atom. The smallest absolute Gasteiger partial charge is 0.311 e. The van der Waals surface area contributed by atoms with Crippen LogP contribution in [0, 0.1) is 10.1 Å². The molecule has 1 atom stereocenters. The standard InChI is InChI=1S/C12H19N3O5/c1-12(16,6-7-19-2)8-13-11-9(15(17)18)4-5-10(14-11)20-3/h4-5,16H,6-8H2,1-3H3,(H,13,14). The average molecular weight is 285 g/mol. The van der Waals surface area contributed by atoms with E-state index in [2.05, 4.69) is 10.3 Å². The van der Waals surface area contributed by atoms with E-state index in [-0.39, 0.29) is 23.9 Å². The molecular weight excluding hydrogens is 266 g/mol. The summed E-state index contributed by atoms with van der Waals surface area (Å²) in [7, 11) is 2.96. The number of ether oxygens (including phenoxy) is 2. The quantitative estimate of drug-likeness (QED) is 0.546. The van der Waals surface area contributed by atoms with Crippen molar-refractivity contribution in [2.45, 2.75) is 18.9 Å². The molecule has 8 nitrogen and oxygen atoms in total. The van der Waals surface area contributed by atoms with Gasteiger partial charge in [-0.1, -0.05) is 0 Å². The minimum absolute atomic E-state index is 0.0621. The van der Waals surface area contributed by atoms with Crippen LogP contribution in [-0.4, -0.2) is 48.0 Å². The zero-order valence-electron chi connectivity index (χ0n) is 11.8. The molecule has 1 heterocycles. The number of aliphatic hydroxyl groups is 1. The van der Waals surface area contributed by atoms with E-state index in [1.54, 1.807) is 6.92 Å². The van der Waals surface area contributed by atoms with Crippen molar-refractivity contribution >= 4 is 11.5 Å². The van der Waals surface area contributed by atoms with Crippen molar-refractivity contribution in [1.29, 1.82) is 0 Å². The highest BCUT2D eigenvalue weighted by Gasteiger charge is 2.23. The minimum atomic E-state index is -1.06. The van der Waals surface area contributed by atoms with E-state index in [0.717, 1.165) is 0 Å². The van der Waals surface area contributed by atoms with E-state index < -0.39 is 10.5 Å². The van der Waals surface area contributed by atoms with E-state index in [1.807, 2.05) is 0 Å². The summed E-state index contributed by atoms with van der Waals surface area (Å²) in [4.78, 5) is 14.4. The highest BCUT2D eigenvalue weighted by Crippen LogP contribution is 2.25. The highest BCUT2D eigenvalue weighted by molar-refractivity contribution is 5.57. The predicted molar refractivity (Wildman–Crippen MR) is 73.0 cm³/mol. The number of pyridine rings is 1. The number of methoxy groups -OCH3 is 2. The molecule has 112 valence electrons. The third-order valence-electron chi connectivity index (χ3n) is 2.74. The molecule has 0 aromatic carbocycles. The Morgan fingerprint density at radius 2 is 2.20 bits per heavy atom. The molecule has 0 saturated carbocycles. The molecule has 1 unspecified atom stereocenters. The number of rotatable bonds is 8. The lowest BCUT2D eigenvalue weighted by molar-refractivity contribution is -0.384. The molecule has 0 fully saturated rings. The zero-order chi connectivity index (χ0) is 15.2. The van der Waals surface area contributed by atoms with E-state index in [0.29, 0.717) is 13.0 Å². The molecule has 0 aliphatic heterocycles. The zero-order valence-corrected chi connectivity index (χ0v) is 11.8. The summed E-state index contributed by atoms with van der Waals surface area (Å²) >= 11 is 0. The van der Waals surface area contributed by atoms with Gasteiger partial charge in [0.1, 0.15) is 0 Å². The topological polar surface area (TPSA) is 107 Å². The van der Waals surface area contributed by atoms with Gasteiger partial charge in [-0.05, 0) is 6.92 Å². The van der Waals surface area contributed by atoms with Crippen molar-refractivity contribution in [1.82, 2.24) is 4.98 Å². The largest absolute Gasteiger partial charge is 0.481 e. The Kier molecular flexibility index (Phi) is 5.66. The first-order valence-corrected chi connectivity index (χ1v) is 6.04. The summed E-state index contributed by atoms with van der Waals surface area (Å²) in [5.41, 5.74) is -1.23. The first-order valence-electron chi connectivity index (χ1n) is 6.04. The fourth-order valence-electron chi connectivity index (χ4n) is 1.51. The fourth-order valence-corrected chi connectivity index (χ4v) is 1.51. The minimum Gasteiger partial charge on any atom is -0.481 e. The van der Waals surface area contributed by atoms with Crippen LogP contribution in [0.1, 0.15) is 13.3 Å². The Morgan fingerprint density at radius 3 is 2.75 bits per heavy atom. The number of aromatic nitrogens is 1. The summed E-state index contributed by atoms with van der Waals surface area (Å²) in [6.07, 6.45) is 0.397. The van der Waals surface area contributed by atoms with Crippen LogP contribution in [0.25, 0.3) is 0 Å². The number of hydrogen-bond donors (Lipinski definition) is 2. The summed E-state index contributed by atoms with van der Waals surface area (Å²) in [6.45, 7) is 2.12. The van der Waals surface area contributed by atoms with Crippen molar-refractivity contribution in [3.8, 4) is 5.88 Å². The van der Waals surface area contributed by atoms with Crippen LogP contribution in [-0.2, 0) is 4.74 Å². The van der Waals surface area contributed by atoms with Crippen LogP contribution in [0.5, 0.6) is 5.88 Å². The van der Waals surface area contributed by atoms with E-state index >= 15 is 0 Å². The van der Waals surface area contributed by atoms with Crippen LogP contribution in [0.2, 0.25) is 0 Å². The number of nitro groups is 1.